The second-order valence-corrected chi connectivity index (χ2v) is 6.57. The number of nitrogens with zero attached hydrogens (tertiary/aromatic N) is 3. The van der Waals surface area contributed by atoms with Gasteiger partial charge in [-0.25, -0.2) is 0 Å². The summed E-state index contributed by atoms with van der Waals surface area (Å²) in [5.41, 5.74) is 2.10. The molecular weight excluding hydrogens is 346 g/mol. The lowest BCUT2D eigenvalue weighted by Crippen LogP contribution is -2.03. The molecule has 0 radical (unpaired) electrons. The molecule has 2 aromatic rings. The van der Waals surface area contributed by atoms with Crippen molar-refractivity contribution in [2.24, 2.45) is 4.99 Å². The van der Waals surface area contributed by atoms with Crippen LogP contribution in [0.15, 0.2) is 53.8 Å². The average molecular weight is 370 g/mol. The highest BCUT2D eigenvalue weighted by atomic mass is 35.5. The van der Waals surface area contributed by atoms with Gasteiger partial charge in [0.2, 0.25) is 6.19 Å². The smallest absolute Gasteiger partial charge is 0.205 e. The van der Waals surface area contributed by atoms with Gasteiger partial charge in [-0.1, -0.05) is 30.9 Å². The van der Waals surface area contributed by atoms with E-state index >= 15 is 0 Å². The van der Waals surface area contributed by atoms with Crippen LogP contribution in [0.2, 0.25) is 5.02 Å². The SMILES string of the molecule is N#CN=C(CCCCCCCOc1ccc(Cl)cc1)Cc1ccncc1. The monoisotopic (exact) mass is 369 g/mol. The predicted octanol–water partition coefficient (Wildman–Crippen LogP) is 5.62. The number of unbranched alkanes of at least 4 members (excludes halogenated alkanes) is 4. The normalized spacial score (nSPS) is 11.2. The van der Waals surface area contributed by atoms with Gasteiger partial charge < -0.3 is 4.74 Å². The van der Waals surface area contributed by atoms with Crippen LogP contribution in [0.5, 0.6) is 5.75 Å². The van der Waals surface area contributed by atoms with Crippen LogP contribution in [0.3, 0.4) is 0 Å². The summed E-state index contributed by atoms with van der Waals surface area (Å²) in [5.74, 6) is 0.864. The van der Waals surface area contributed by atoms with Crippen LogP contribution in [-0.4, -0.2) is 17.3 Å². The highest BCUT2D eigenvalue weighted by Crippen LogP contribution is 2.16. The molecule has 0 unspecified atom stereocenters. The molecule has 0 amide bonds. The van der Waals surface area contributed by atoms with E-state index < -0.39 is 0 Å². The lowest BCUT2D eigenvalue weighted by molar-refractivity contribution is 0.304. The van der Waals surface area contributed by atoms with Gasteiger partial charge >= 0.3 is 0 Å². The van der Waals surface area contributed by atoms with Crippen molar-refractivity contribution < 1.29 is 4.74 Å². The van der Waals surface area contributed by atoms with Crippen LogP contribution in [0.25, 0.3) is 0 Å². The number of hydrogen-bond acceptors (Lipinski definition) is 4. The van der Waals surface area contributed by atoms with Gasteiger partial charge in [0.1, 0.15) is 5.75 Å². The van der Waals surface area contributed by atoms with Crippen molar-refractivity contribution in [3.63, 3.8) is 0 Å². The van der Waals surface area contributed by atoms with Gasteiger partial charge in [0.05, 0.1) is 6.61 Å². The molecule has 1 aromatic heterocycles. The zero-order chi connectivity index (χ0) is 18.5. The molecule has 4 nitrogen and oxygen atoms in total. The number of aromatic nitrogens is 1. The van der Waals surface area contributed by atoms with Crippen molar-refractivity contribution >= 4 is 17.3 Å². The van der Waals surface area contributed by atoms with E-state index in [9.17, 15) is 0 Å². The minimum atomic E-state index is 0.723. The van der Waals surface area contributed by atoms with Crippen LogP contribution in [0.1, 0.15) is 44.1 Å². The summed E-state index contributed by atoms with van der Waals surface area (Å²) in [4.78, 5) is 7.99. The maximum absolute atomic E-state index is 8.85. The van der Waals surface area contributed by atoms with Crippen LogP contribution in [0, 0.1) is 11.5 Å². The summed E-state index contributed by atoms with van der Waals surface area (Å²) in [7, 11) is 0. The van der Waals surface area contributed by atoms with E-state index in [-0.39, 0.29) is 0 Å². The topological polar surface area (TPSA) is 58.3 Å². The first-order valence-corrected chi connectivity index (χ1v) is 9.37. The molecule has 0 N–H and O–H groups in total. The van der Waals surface area contributed by atoms with Crippen molar-refractivity contribution in [1.29, 1.82) is 5.26 Å². The Morgan fingerprint density at radius 2 is 1.69 bits per heavy atom. The maximum atomic E-state index is 8.85. The Kier molecular flexibility index (Phi) is 9.24. The maximum Gasteiger partial charge on any atom is 0.205 e. The van der Waals surface area contributed by atoms with E-state index in [1.807, 2.05) is 42.6 Å². The summed E-state index contributed by atoms with van der Waals surface area (Å²) >= 11 is 5.85. The fourth-order valence-corrected chi connectivity index (χ4v) is 2.80. The molecule has 0 spiro atoms. The van der Waals surface area contributed by atoms with Gasteiger partial charge in [-0.2, -0.15) is 10.3 Å². The largest absolute Gasteiger partial charge is 0.494 e. The minimum Gasteiger partial charge on any atom is -0.494 e. The summed E-state index contributed by atoms with van der Waals surface area (Å²) in [6.07, 6.45) is 12.6. The Labute approximate surface area is 160 Å². The van der Waals surface area contributed by atoms with Crippen LogP contribution >= 0.6 is 11.6 Å². The molecule has 0 aliphatic rings. The summed E-state index contributed by atoms with van der Waals surface area (Å²) in [6, 6.07) is 11.4. The molecule has 1 heterocycles. The third-order valence-corrected chi connectivity index (χ3v) is 4.31. The van der Waals surface area contributed by atoms with Crippen LogP contribution in [-0.2, 0) is 6.42 Å². The third kappa shape index (κ3) is 8.13. The summed E-state index contributed by atoms with van der Waals surface area (Å²) in [6.45, 7) is 0.727. The summed E-state index contributed by atoms with van der Waals surface area (Å²) in [5, 5.41) is 9.58. The number of nitriles is 1. The second kappa shape index (κ2) is 12.1. The molecule has 0 saturated heterocycles. The number of aliphatic imine (C=N–C) groups is 1. The van der Waals surface area contributed by atoms with E-state index in [1.54, 1.807) is 12.4 Å². The molecule has 2 rings (SSSR count). The van der Waals surface area contributed by atoms with E-state index in [4.69, 9.17) is 21.6 Å². The van der Waals surface area contributed by atoms with Crippen molar-refractivity contribution in [2.45, 2.75) is 44.9 Å². The number of halogens is 1. The number of benzene rings is 1. The predicted molar refractivity (Wildman–Crippen MR) is 106 cm³/mol. The van der Waals surface area contributed by atoms with Gasteiger partial charge in [-0.15, -0.1) is 0 Å². The lowest BCUT2D eigenvalue weighted by Gasteiger charge is -2.07. The molecule has 1 aromatic carbocycles. The second-order valence-electron chi connectivity index (χ2n) is 6.13. The Bertz CT molecular complexity index is 708. The molecule has 0 fully saturated rings. The minimum absolute atomic E-state index is 0.723. The highest BCUT2D eigenvalue weighted by Gasteiger charge is 2.02. The van der Waals surface area contributed by atoms with Gasteiger partial charge in [-0.3, -0.25) is 4.98 Å². The highest BCUT2D eigenvalue weighted by molar-refractivity contribution is 6.30. The Morgan fingerprint density at radius 3 is 2.42 bits per heavy atom. The molecule has 5 heteroatoms. The standard InChI is InChI=1S/C21H24ClN3O/c22-19-7-9-21(10-8-19)26-15-5-3-1-2-4-6-20(25-17-23)16-18-11-13-24-14-12-18/h7-14H,1-6,15-16H2. The van der Waals surface area contributed by atoms with Gasteiger partial charge in [0.25, 0.3) is 0 Å². The van der Waals surface area contributed by atoms with E-state index in [0.717, 1.165) is 67.2 Å². The van der Waals surface area contributed by atoms with Crippen molar-refractivity contribution in [3.8, 4) is 11.9 Å². The molecule has 0 aliphatic heterocycles. The van der Waals surface area contributed by atoms with E-state index in [0.29, 0.717) is 0 Å². The fourth-order valence-electron chi connectivity index (χ4n) is 2.67. The van der Waals surface area contributed by atoms with Gasteiger partial charge in [-0.05, 0) is 61.2 Å². The van der Waals surface area contributed by atoms with E-state index in [2.05, 4.69) is 9.98 Å². The molecular formula is C21H24ClN3O. The zero-order valence-corrected chi connectivity index (χ0v) is 15.7. The molecule has 0 bridgehead atoms. The first-order chi connectivity index (χ1) is 12.8. The molecule has 26 heavy (non-hydrogen) atoms. The number of hydrogen-bond donors (Lipinski definition) is 0. The Morgan fingerprint density at radius 1 is 1.00 bits per heavy atom. The van der Waals surface area contributed by atoms with Crippen molar-refractivity contribution in [3.05, 3.63) is 59.4 Å². The Balaban J connectivity index is 1.55. The number of pyridine rings is 1. The van der Waals surface area contributed by atoms with Gasteiger partial charge in [0, 0.05) is 29.5 Å². The number of ether oxygens (including phenoxy) is 1. The third-order valence-electron chi connectivity index (χ3n) is 4.06. The average Bonchev–Trinajstić information content (AvgIpc) is 2.66. The molecule has 136 valence electrons. The van der Waals surface area contributed by atoms with Crippen molar-refractivity contribution in [2.75, 3.05) is 6.61 Å². The fraction of sp³-hybridized carbons (Fsp3) is 0.381. The molecule has 0 saturated carbocycles. The molecule has 0 aliphatic carbocycles. The first-order valence-electron chi connectivity index (χ1n) is 9.00. The lowest BCUT2D eigenvalue weighted by atomic mass is 10.0. The Hall–Kier alpha value is -2.38. The zero-order valence-electron chi connectivity index (χ0n) is 14.9. The van der Waals surface area contributed by atoms with Crippen LogP contribution < -0.4 is 4.74 Å². The van der Waals surface area contributed by atoms with Crippen molar-refractivity contribution in [1.82, 2.24) is 4.98 Å². The van der Waals surface area contributed by atoms with Crippen LogP contribution in [0.4, 0.5) is 0 Å². The number of rotatable bonds is 11. The molecule has 0 atom stereocenters. The summed E-state index contributed by atoms with van der Waals surface area (Å²) < 4.78 is 5.69. The quantitative estimate of drug-likeness (QED) is 0.293. The van der Waals surface area contributed by atoms with Gasteiger partial charge in [0.15, 0.2) is 0 Å². The van der Waals surface area contributed by atoms with E-state index in [1.165, 1.54) is 6.42 Å². The first kappa shape index (κ1) is 19.9.